The van der Waals surface area contributed by atoms with Gasteiger partial charge in [0.05, 0.1) is 13.7 Å². The van der Waals surface area contributed by atoms with Gasteiger partial charge in [-0.05, 0) is 57.2 Å². The highest BCUT2D eigenvalue weighted by atomic mass is 16.5. The first-order valence-corrected chi connectivity index (χ1v) is 9.08. The fourth-order valence-electron chi connectivity index (χ4n) is 2.30. The van der Waals surface area contributed by atoms with E-state index in [4.69, 9.17) is 29.3 Å². The molecule has 0 aliphatic heterocycles. The molecule has 0 spiro atoms. The minimum absolute atomic E-state index is 0.652. The van der Waals surface area contributed by atoms with Gasteiger partial charge in [0.25, 0.3) is 0 Å². The van der Waals surface area contributed by atoms with Crippen LogP contribution in [0.15, 0.2) is 18.2 Å². The Morgan fingerprint density at radius 1 is 1.07 bits per heavy atom. The zero-order valence-corrected chi connectivity index (χ0v) is 16.7. The third-order valence-corrected chi connectivity index (χ3v) is 3.76. The maximum atomic E-state index is 9.10. The van der Waals surface area contributed by atoms with Crippen molar-refractivity contribution in [2.45, 2.75) is 33.7 Å². The molecule has 0 saturated carbocycles. The number of methoxy groups -OCH3 is 1. The number of hydrogen-bond donors (Lipinski definition) is 3. The summed E-state index contributed by atoms with van der Waals surface area (Å²) in [6, 6.07) is 6.11. The minimum atomic E-state index is -1.82. The third kappa shape index (κ3) is 11.1. The van der Waals surface area contributed by atoms with Crippen molar-refractivity contribution in [2.24, 2.45) is 0 Å². The van der Waals surface area contributed by atoms with Crippen molar-refractivity contribution in [1.29, 1.82) is 0 Å². The predicted molar refractivity (Wildman–Crippen MR) is 104 cm³/mol. The molecular formula is C19H32N2O6. The Bertz CT molecular complexity index is 549. The fraction of sp³-hybridized carbons (Fsp3) is 0.579. The summed E-state index contributed by atoms with van der Waals surface area (Å²) in [6.45, 7) is 12.4. The number of nitrogens with zero attached hydrogens (tertiary/aromatic N) is 1. The highest BCUT2D eigenvalue weighted by Gasteiger charge is 2.05. The number of nitrogens with one attached hydrogen (secondary N) is 1. The minimum Gasteiger partial charge on any atom is -0.493 e. The van der Waals surface area contributed by atoms with E-state index < -0.39 is 11.9 Å². The van der Waals surface area contributed by atoms with Gasteiger partial charge >= 0.3 is 11.9 Å². The third-order valence-electron chi connectivity index (χ3n) is 3.76. The number of aliphatic carboxylic acids is 2. The van der Waals surface area contributed by atoms with Gasteiger partial charge in [-0.25, -0.2) is 9.59 Å². The highest BCUT2D eigenvalue weighted by molar-refractivity contribution is 6.27. The van der Waals surface area contributed by atoms with Gasteiger partial charge in [0.2, 0.25) is 0 Å². The molecule has 0 saturated heterocycles. The van der Waals surface area contributed by atoms with Crippen LogP contribution in [0, 0.1) is 0 Å². The van der Waals surface area contributed by atoms with Gasteiger partial charge in [0.1, 0.15) is 0 Å². The van der Waals surface area contributed by atoms with E-state index in [2.05, 4.69) is 30.1 Å². The molecule has 0 aliphatic rings. The molecule has 8 heteroatoms. The molecule has 1 aromatic rings. The Morgan fingerprint density at radius 3 is 2.19 bits per heavy atom. The lowest BCUT2D eigenvalue weighted by Gasteiger charge is -2.17. The van der Waals surface area contributed by atoms with Gasteiger partial charge in [-0.1, -0.05) is 19.9 Å². The molecular weight excluding hydrogens is 352 g/mol. The van der Waals surface area contributed by atoms with Crippen LogP contribution in [0.5, 0.6) is 11.5 Å². The Labute approximate surface area is 161 Å². The second-order valence-corrected chi connectivity index (χ2v) is 5.59. The van der Waals surface area contributed by atoms with Crippen LogP contribution < -0.4 is 14.8 Å². The van der Waals surface area contributed by atoms with Crippen LogP contribution in [0.4, 0.5) is 0 Å². The highest BCUT2D eigenvalue weighted by Crippen LogP contribution is 2.27. The maximum absolute atomic E-state index is 9.10. The average molecular weight is 384 g/mol. The summed E-state index contributed by atoms with van der Waals surface area (Å²) in [5.41, 5.74) is 1.22. The first kappa shape index (κ1) is 24.7. The number of carboxylic acid groups (broad SMARTS) is 2. The lowest BCUT2D eigenvalue weighted by Crippen LogP contribution is -2.27. The largest absolute Gasteiger partial charge is 0.493 e. The van der Waals surface area contributed by atoms with E-state index in [-0.39, 0.29) is 0 Å². The normalized spacial score (nSPS) is 10.1. The fourth-order valence-corrected chi connectivity index (χ4v) is 2.30. The molecule has 154 valence electrons. The lowest BCUT2D eigenvalue weighted by atomic mass is 10.2. The van der Waals surface area contributed by atoms with E-state index >= 15 is 0 Å². The molecule has 0 atom stereocenters. The predicted octanol–water partition coefficient (Wildman–Crippen LogP) is 2.07. The summed E-state index contributed by atoms with van der Waals surface area (Å²) in [5, 5.41) is 18.3. The molecule has 1 aromatic carbocycles. The van der Waals surface area contributed by atoms with E-state index in [0.29, 0.717) is 6.61 Å². The van der Waals surface area contributed by atoms with E-state index in [1.165, 1.54) is 12.0 Å². The van der Waals surface area contributed by atoms with Crippen molar-refractivity contribution < 1.29 is 29.3 Å². The molecule has 8 nitrogen and oxygen atoms in total. The van der Waals surface area contributed by atoms with E-state index in [1.54, 1.807) is 7.11 Å². The summed E-state index contributed by atoms with van der Waals surface area (Å²) < 4.78 is 10.9. The van der Waals surface area contributed by atoms with Crippen molar-refractivity contribution >= 4 is 11.9 Å². The van der Waals surface area contributed by atoms with Gasteiger partial charge in [0.15, 0.2) is 11.5 Å². The molecule has 0 radical (unpaired) electrons. The van der Waals surface area contributed by atoms with E-state index in [1.807, 2.05) is 19.1 Å². The van der Waals surface area contributed by atoms with Crippen LogP contribution in [0.3, 0.4) is 0 Å². The van der Waals surface area contributed by atoms with Crippen molar-refractivity contribution in [3.63, 3.8) is 0 Å². The second kappa shape index (κ2) is 14.8. The summed E-state index contributed by atoms with van der Waals surface area (Å²) in [5.74, 6) is -2.03. The van der Waals surface area contributed by atoms with Crippen molar-refractivity contribution in [3.8, 4) is 11.5 Å². The van der Waals surface area contributed by atoms with Crippen LogP contribution in [0.25, 0.3) is 0 Å². The van der Waals surface area contributed by atoms with Crippen LogP contribution in [-0.4, -0.2) is 66.9 Å². The van der Waals surface area contributed by atoms with Crippen LogP contribution in [0.1, 0.15) is 32.8 Å². The molecule has 1 rings (SSSR count). The van der Waals surface area contributed by atoms with Crippen molar-refractivity contribution in [2.75, 3.05) is 39.9 Å². The number of carboxylic acids is 2. The number of ether oxygens (including phenoxy) is 2. The number of carbonyl (C=O) groups is 2. The monoisotopic (exact) mass is 384 g/mol. The SMILES string of the molecule is CCOc1ccc(CNCCCN(CC)CC)cc1OC.O=C(O)C(=O)O. The average Bonchev–Trinajstić information content (AvgIpc) is 2.66. The van der Waals surface area contributed by atoms with Crippen LogP contribution in [0.2, 0.25) is 0 Å². The Morgan fingerprint density at radius 2 is 1.70 bits per heavy atom. The topological polar surface area (TPSA) is 108 Å². The Kier molecular flexibility index (Phi) is 13.5. The molecule has 0 aliphatic carbocycles. The second-order valence-electron chi connectivity index (χ2n) is 5.59. The molecule has 3 N–H and O–H groups in total. The quantitative estimate of drug-likeness (QED) is 0.393. The van der Waals surface area contributed by atoms with E-state index in [0.717, 1.165) is 44.2 Å². The summed E-state index contributed by atoms with van der Waals surface area (Å²) in [4.78, 5) is 20.6. The van der Waals surface area contributed by atoms with Crippen molar-refractivity contribution in [1.82, 2.24) is 10.2 Å². The van der Waals surface area contributed by atoms with Gasteiger partial charge in [-0.15, -0.1) is 0 Å². The van der Waals surface area contributed by atoms with Crippen molar-refractivity contribution in [3.05, 3.63) is 23.8 Å². The summed E-state index contributed by atoms with van der Waals surface area (Å²) in [7, 11) is 1.68. The zero-order valence-electron chi connectivity index (χ0n) is 16.7. The molecule has 0 fully saturated rings. The van der Waals surface area contributed by atoms with Gasteiger partial charge in [0, 0.05) is 6.54 Å². The number of benzene rings is 1. The number of hydrogen-bond acceptors (Lipinski definition) is 6. The molecule has 0 unspecified atom stereocenters. The summed E-state index contributed by atoms with van der Waals surface area (Å²) in [6.07, 6.45) is 1.18. The first-order chi connectivity index (χ1) is 12.9. The first-order valence-electron chi connectivity index (χ1n) is 9.08. The van der Waals surface area contributed by atoms with E-state index in [9.17, 15) is 0 Å². The summed E-state index contributed by atoms with van der Waals surface area (Å²) >= 11 is 0. The standard InChI is InChI=1S/C17H30N2O2.C2H2O4/c1-5-19(6-2)12-8-11-18-14-15-9-10-16(21-7-3)17(13-15)20-4;3-1(4)2(5)6/h9-10,13,18H,5-8,11-12,14H2,1-4H3;(H,3,4)(H,5,6). The van der Waals surface area contributed by atoms with Gasteiger partial charge < -0.3 is 29.9 Å². The molecule has 0 aromatic heterocycles. The molecule has 0 bridgehead atoms. The maximum Gasteiger partial charge on any atom is 0.414 e. The number of rotatable bonds is 11. The van der Waals surface area contributed by atoms with Crippen LogP contribution >= 0.6 is 0 Å². The molecule has 27 heavy (non-hydrogen) atoms. The van der Waals surface area contributed by atoms with Gasteiger partial charge in [-0.3, -0.25) is 0 Å². The Balaban J connectivity index is 0.000000972. The smallest absolute Gasteiger partial charge is 0.414 e. The lowest BCUT2D eigenvalue weighted by molar-refractivity contribution is -0.159. The molecule has 0 amide bonds. The van der Waals surface area contributed by atoms with Crippen LogP contribution in [-0.2, 0) is 16.1 Å². The Hall–Kier alpha value is -2.32. The molecule has 0 heterocycles. The van der Waals surface area contributed by atoms with Gasteiger partial charge in [-0.2, -0.15) is 0 Å². The zero-order chi connectivity index (χ0) is 20.7.